The first-order valence-corrected chi connectivity index (χ1v) is 5.24. The molecule has 0 fully saturated rings. The van der Waals surface area contributed by atoms with Gasteiger partial charge in [-0.05, 0) is 24.5 Å². The molecular weight excluding hydrogens is 200 g/mol. The Morgan fingerprint density at radius 3 is 2.57 bits per heavy atom. The van der Waals surface area contributed by atoms with Gasteiger partial charge < -0.3 is 10.2 Å². The van der Waals surface area contributed by atoms with Gasteiger partial charge in [-0.2, -0.15) is 0 Å². The van der Waals surface area contributed by atoms with Crippen LogP contribution >= 0.6 is 11.6 Å². The van der Waals surface area contributed by atoms with Gasteiger partial charge in [0, 0.05) is 0 Å². The average molecular weight is 215 g/mol. The Hall–Kier alpha value is -0.890. The van der Waals surface area contributed by atoms with Gasteiger partial charge >= 0.3 is 0 Å². The lowest BCUT2D eigenvalue weighted by Gasteiger charge is -2.06. The van der Waals surface area contributed by atoms with E-state index in [4.69, 9.17) is 11.6 Å². The maximum Gasteiger partial charge on any atom is 0.141 e. The summed E-state index contributed by atoms with van der Waals surface area (Å²) in [6, 6.07) is 3.23. The van der Waals surface area contributed by atoms with Crippen LogP contribution in [0.3, 0.4) is 0 Å². The zero-order chi connectivity index (χ0) is 10.6. The van der Waals surface area contributed by atoms with Crippen LogP contribution < -0.4 is 0 Å². The molecule has 1 aromatic rings. The van der Waals surface area contributed by atoms with E-state index in [2.05, 4.69) is 6.92 Å². The van der Waals surface area contributed by atoms with Gasteiger partial charge in [-0.1, -0.05) is 37.4 Å². The van der Waals surface area contributed by atoms with Crippen molar-refractivity contribution in [2.45, 2.75) is 32.6 Å². The van der Waals surface area contributed by atoms with E-state index in [0.717, 1.165) is 31.2 Å². The van der Waals surface area contributed by atoms with Crippen molar-refractivity contribution in [1.29, 1.82) is 0 Å². The Morgan fingerprint density at radius 1 is 1.21 bits per heavy atom. The number of hydrogen-bond acceptors (Lipinski definition) is 2. The number of unbranched alkanes of at least 4 members (excludes halogenated alkanes) is 2. The number of phenols is 2. The van der Waals surface area contributed by atoms with Gasteiger partial charge in [0.1, 0.15) is 16.5 Å². The summed E-state index contributed by atoms with van der Waals surface area (Å²) in [5, 5.41) is 18.8. The summed E-state index contributed by atoms with van der Waals surface area (Å²) in [6.45, 7) is 2.13. The van der Waals surface area contributed by atoms with Crippen LogP contribution in [-0.4, -0.2) is 10.2 Å². The molecule has 3 heteroatoms. The monoisotopic (exact) mass is 214 g/mol. The Balaban J connectivity index is 2.73. The molecular formula is C11H15ClO2. The van der Waals surface area contributed by atoms with Crippen molar-refractivity contribution in [2.24, 2.45) is 0 Å². The standard InChI is InChI=1S/C11H15ClO2/c1-2-3-4-5-8-6-7-9(13)10(12)11(8)14/h6-7,13-14H,2-5H2,1H3. The lowest BCUT2D eigenvalue weighted by atomic mass is 10.1. The first kappa shape index (κ1) is 11.2. The van der Waals surface area contributed by atoms with Crippen molar-refractivity contribution in [3.8, 4) is 11.5 Å². The highest BCUT2D eigenvalue weighted by Gasteiger charge is 2.09. The third kappa shape index (κ3) is 2.55. The van der Waals surface area contributed by atoms with Crippen LogP contribution in [0.2, 0.25) is 5.02 Å². The normalized spacial score (nSPS) is 10.4. The minimum Gasteiger partial charge on any atom is -0.506 e. The van der Waals surface area contributed by atoms with E-state index in [0.29, 0.717) is 0 Å². The molecule has 0 atom stereocenters. The highest BCUT2D eigenvalue weighted by atomic mass is 35.5. The number of phenolic OH excluding ortho intramolecular Hbond substituents is 2. The van der Waals surface area contributed by atoms with Gasteiger partial charge in [-0.3, -0.25) is 0 Å². The average Bonchev–Trinajstić information content (AvgIpc) is 2.18. The van der Waals surface area contributed by atoms with E-state index in [1.165, 1.54) is 6.07 Å². The lowest BCUT2D eigenvalue weighted by molar-refractivity contribution is 0.445. The number of halogens is 1. The largest absolute Gasteiger partial charge is 0.506 e. The number of rotatable bonds is 4. The van der Waals surface area contributed by atoms with Crippen molar-refractivity contribution in [3.05, 3.63) is 22.7 Å². The van der Waals surface area contributed by atoms with Crippen LogP contribution in [-0.2, 0) is 6.42 Å². The quantitative estimate of drug-likeness (QED) is 0.754. The summed E-state index contributed by atoms with van der Waals surface area (Å²) in [5.41, 5.74) is 0.807. The Kier molecular flexibility index (Phi) is 4.08. The Morgan fingerprint density at radius 2 is 1.93 bits per heavy atom. The van der Waals surface area contributed by atoms with Crippen LogP contribution in [0.15, 0.2) is 12.1 Å². The second-order valence-electron chi connectivity index (χ2n) is 3.36. The first-order chi connectivity index (χ1) is 6.66. The van der Waals surface area contributed by atoms with E-state index >= 15 is 0 Å². The molecule has 0 aliphatic rings. The Labute approximate surface area is 89.1 Å². The molecule has 0 aromatic heterocycles. The SMILES string of the molecule is CCCCCc1ccc(O)c(Cl)c1O. The molecule has 78 valence electrons. The van der Waals surface area contributed by atoms with E-state index in [-0.39, 0.29) is 16.5 Å². The van der Waals surface area contributed by atoms with E-state index in [1.807, 2.05) is 0 Å². The van der Waals surface area contributed by atoms with Crippen molar-refractivity contribution in [3.63, 3.8) is 0 Å². The molecule has 0 spiro atoms. The number of benzene rings is 1. The topological polar surface area (TPSA) is 40.5 Å². The molecule has 2 N–H and O–H groups in total. The third-order valence-corrected chi connectivity index (χ3v) is 2.60. The smallest absolute Gasteiger partial charge is 0.141 e. The maximum atomic E-state index is 9.59. The highest BCUT2D eigenvalue weighted by Crippen LogP contribution is 2.35. The van der Waals surface area contributed by atoms with E-state index in [9.17, 15) is 10.2 Å². The third-order valence-electron chi connectivity index (χ3n) is 2.23. The molecule has 0 bridgehead atoms. The van der Waals surface area contributed by atoms with Gasteiger partial charge in [0.15, 0.2) is 0 Å². The molecule has 0 unspecified atom stereocenters. The summed E-state index contributed by atoms with van der Waals surface area (Å²) >= 11 is 5.70. The summed E-state index contributed by atoms with van der Waals surface area (Å²) in [5.74, 6) is -0.0498. The molecule has 0 heterocycles. The highest BCUT2D eigenvalue weighted by molar-refractivity contribution is 6.33. The summed E-state index contributed by atoms with van der Waals surface area (Å²) in [7, 11) is 0. The molecule has 1 rings (SSSR count). The second-order valence-corrected chi connectivity index (χ2v) is 3.74. The predicted octanol–water partition coefficient (Wildman–Crippen LogP) is 3.48. The molecule has 0 aliphatic heterocycles. The molecule has 0 aliphatic carbocycles. The van der Waals surface area contributed by atoms with E-state index < -0.39 is 0 Å². The fourth-order valence-electron chi connectivity index (χ4n) is 1.36. The number of aryl methyl sites for hydroxylation is 1. The fourth-order valence-corrected chi connectivity index (χ4v) is 1.55. The van der Waals surface area contributed by atoms with Crippen molar-refractivity contribution < 1.29 is 10.2 Å². The zero-order valence-electron chi connectivity index (χ0n) is 8.26. The van der Waals surface area contributed by atoms with Gasteiger partial charge in [-0.25, -0.2) is 0 Å². The van der Waals surface area contributed by atoms with Gasteiger partial charge in [0.25, 0.3) is 0 Å². The molecule has 0 saturated heterocycles. The summed E-state index contributed by atoms with van der Waals surface area (Å²) in [4.78, 5) is 0. The van der Waals surface area contributed by atoms with Crippen molar-refractivity contribution >= 4 is 11.6 Å². The fraction of sp³-hybridized carbons (Fsp3) is 0.455. The molecule has 0 amide bonds. The Bertz CT molecular complexity index is 310. The molecule has 0 saturated carbocycles. The van der Waals surface area contributed by atoms with Gasteiger partial charge in [0.2, 0.25) is 0 Å². The number of hydrogen-bond donors (Lipinski definition) is 2. The number of aromatic hydroxyl groups is 2. The first-order valence-electron chi connectivity index (χ1n) is 4.86. The molecule has 2 nitrogen and oxygen atoms in total. The van der Waals surface area contributed by atoms with Crippen LogP contribution in [0, 0.1) is 0 Å². The van der Waals surface area contributed by atoms with E-state index in [1.54, 1.807) is 6.07 Å². The van der Waals surface area contributed by atoms with Crippen LogP contribution in [0.5, 0.6) is 11.5 Å². The molecule has 0 radical (unpaired) electrons. The van der Waals surface area contributed by atoms with Crippen LogP contribution in [0.25, 0.3) is 0 Å². The zero-order valence-corrected chi connectivity index (χ0v) is 9.01. The predicted molar refractivity (Wildman–Crippen MR) is 58.0 cm³/mol. The van der Waals surface area contributed by atoms with Gasteiger partial charge in [-0.15, -0.1) is 0 Å². The minimum absolute atomic E-state index is 0.0165. The molecule has 1 aromatic carbocycles. The lowest BCUT2D eigenvalue weighted by Crippen LogP contribution is -1.87. The minimum atomic E-state index is -0.0663. The van der Waals surface area contributed by atoms with Gasteiger partial charge in [0.05, 0.1) is 0 Å². The van der Waals surface area contributed by atoms with Crippen LogP contribution in [0.1, 0.15) is 31.7 Å². The summed E-state index contributed by atoms with van der Waals surface area (Å²) < 4.78 is 0. The van der Waals surface area contributed by atoms with Crippen LogP contribution in [0.4, 0.5) is 0 Å². The van der Waals surface area contributed by atoms with Crippen molar-refractivity contribution in [1.82, 2.24) is 0 Å². The molecule has 14 heavy (non-hydrogen) atoms. The maximum absolute atomic E-state index is 9.59. The van der Waals surface area contributed by atoms with Crippen molar-refractivity contribution in [2.75, 3.05) is 0 Å². The second kappa shape index (κ2) is 5.11. The summed E-state index contributed by atoms with van der Waals surface area (Å²) in [6.07, 6.45) is 4.12.